The Morgan fingerprint density at radius 3 is 2.33 bits per heavy atom. The van der Waals surface area contributed by atoms with Gasteiger partial charge in [-0.1, -0.05) is 29.8 Å². The zero-order valence-electron chi connectivity index (χ0n) is 14.7. The minimum absolute atomic E-state index is 0.227. The number of hydrogen-bond donors (Lipinski definition) is 2. The molecule has 0 spiro atoms. The molecular formula is C21H19ClN2O2S. The van der Waals surface area contributed by atoms with Gasteiger partial charge in [-0.05, 0) is 66.8 Å². The number of phenolic OH excluding ortho intramolecular Hbond substituents is 1. The van der Waals surface area contributed by atoms with Gasteiger partial charge in [-0.3, -0.25) is 0 Å². The number of phenols is 1. The summed E-state index contributed by atoms with van der Waals surface area (Å²) in [4.78, 5) is 1.92. The van der Waals surface area contributed by atoms with E-state index >= 15 is 0 Å². The van der Waals surface area contributed by atoms with E-state index in [-0.39, 0.29) is 5.75 Å². The lowest BCUT2D eigenvalue weighted by Gasteiger charge is -2.26. The molecule has 3 rings (SSSR count). The largest absolute Gasteiger partial charge is 0.508 e. The van der Waals surface area contributed by atoms with Gasteiger partial charge in [0.15, 0.2) is 5.11 Å². The molecule has 0 aliphatic heterocycles. The molecule has 0 saturated heterocycles. The average Bonchev–Trinajstić information content (AvgIpc) is 2.69. The van der Waals surface area contributed by atoms with Crippen LogP contribution in [0.1, 0.15) is 5.56 Å². The fraction of sp³-hybridized carbons (Fsp3) is 0.0952. The Bertz CT molecular complexity index is 914. The van der Waals surface area contributed by atoms with Crippen LogP contribution in [0.5, 0.6) is 11.5 Å². The molecule has 3 aromatic rings. The van der Waals surface area contributed by atoms with E-state index in [1.54, 1.807) is 31.4 Å². The fourth-order valence-corrected chi connectivity index (χ4v) is 3.00. The lowest BCUT2D eigenvalue weighted by molar-refractivity contribution is 0.415. The second kappa shape index (κ2) is 8.75. The SMILES string of the molecule is COc1ccc(N(Cc2ccccc2O)C(=S)Nc2ccc(Cl)cc2)cc1. The Morgan fingerprint density at radius 1 is 1.04 bits per heavy atom. The Kier molecular flexibility index (Phi) is 6.16. The molecule has 138 valence electrons. The van der Waals surface area contributed by atoms with Crippen molar-refractivity contribution in [3.05, 3.63) is 83.4 Å². The predicted molar refractivity (Wildman–Crippen MR) is 115 cm³/mol. The quantitative estimate of drug-likeness (QED) is 0.559. The summed E-state index contributed by atoms with van der Waals surface area (Å²) in [5.74, 6) is 0.989. The van der Waals surface area contributed by atoms with Crippen molar-refractivity contribution in [1.82, 2.24) is 0 Å². The summed E-state index contributed by atoms with van der Waals surface area (Å²) in [5.41, 5.74) is 2.49. The maximum atomic E-state index is 10.2. The van der Waals surface area contributed by atoms with Crippen LogP contribution < -0.4 is 15.0 Å². The normalized spacial score (nSPS) is 10.3. The van der Waals surface area contributed by atoms with Crippen LogP contribution in [0.2, 0.25) is 5.02 Å². The lowest BCUT2D eigenvalue weighted by Crippen LogP contribution is -2.34. The van der Waals surface area contributed by atoms with Gasteiger partial charge in [0.2, 0.25) is 0 Å². The highest BCUT2D eigenvalue weighted by molar-refractivity contribution is 7.80. The Hall–Kier alpha value is -2.76. The highest BCUT2D eigenvalue weighted by atomic mass is 35.5. The van der Waals surface area contributed by atoms with Crippen molar-refractivity contribution in [2.45, 2.75) is 6.54 Å². The van der Waals surface area contributed by atoms with E-state index in [1.165, 1.54) is 0 Å². The third kappa shape index (κ3) is 4.90. The number of rotatable bonds is 5. The number of nitrogens with one attached hydrogen (secondary N) is 1. The molecule has 0 saturated carbocycles. The number of benzene rings is 3. The number of para-hydroxylation sites is 1. The molecule has 2 N–H and O–H groups in total. The van der Waals surface area contributed by atoms with Crippen molar-refractivity contribution in [1.29, 1.82) is 0 Å². The van der Waals surface area contributed by atoms with Crippen molar-refractivity contribution in [2.24, 2.45) is 0 Å². The first-order valence-corrected chi connectivity index (χ1v) is 9.10. The molecule has 0 heterocycles. The molecule has 0 aliphatic rings. The van der Waals surface area contributed by atoms with E-state index in [4.69, 9.17) is 28.6 Å². The first-order valence-electron chi connectivity index (χ1n) is 8.32. The molecule has 0 fully saturated rings. The number of aromatic hydroxyl groups is 1. The van der Waals surface area contributed by atoms with Gasteiger partial charge >= 0.3 is 0 Å². The van der Waals surface area contributed by atoms with E-state index < -0.39 is 0 Å². The number of methoxy groups -OCH3 is 1. The molecular weight excluding hydrogens is 380 g/mol. The monoisotopic (exact) mass is 398 g/mol. The topological polar surface area (TPSA) is 44.7 Å². The predicted octanol–water partition coefficient (Wildman–Crippen LogP) is 5.46. The number of thiocarbonyl (C=S) groups is 1. The third-order valence-corrected chi connectivity index (χ3v) is 4.62. The van der Waals surface area contributed by atoms with Gasteiger partial charge in [0, 0.05) is 22.0 Å². The van der Waals surface area contributed by atoms with Gasteiger partial charge in [0.1, 0.15) is 11.5 Å². The van der Waals surface area contributed by atoms with Gasteiger partial charge in [-0.2, -0.15) is 0 Å². The molecule has 0 amide bonds. The fourth-order valence-electron chi connectivity index (χ4n) is 2.58. The van der Waals surface area contributed by atoms with E-state index in [0.29, 0.717) is 16.7 Å². The lowest BCUT2D eigenvalue weighted by atomic mass is 10.1. The third-order valence-electron chi connectivity index (χ3n) is 4.04. The van der Waals surface area contributed by atoms with Crippen molar-refractivity contribution < 1.29 is 9.84 Å². The molecule has 0 unspecified atom stereocenters. The minimum atomic E-state index is 0.227. The Morgan fingerprint density at radius 2 is 1.70 bits per heavy atom. The smallest absolute Gasteiger partial charge is 0.178 e. The average molecular weight is 399 g/mol. The molecule has 6 heteroatoms. The summed E-state index contributed by atoms with van der Waals surface area (Å²) < 4.78 is 5.23. The van der Waals surface area contributed by atoms with Crippen LogP contribution in [-0.4, -0.2) is 17.3 Å². The second-order valence-corrected chi connectivity index (χ2v) is 6.67. The molecule has 0 aromatic heterocycles. The summed E-state index contributed by atoms with van der Waals surface area (Å²) in [6.45, 7) is 0.415. The standard InChI is InChI=1S/C21H19ClN2O2S/c1-26-19-12-10-18(11-13-19)24(14-15-4-2-3-5-20(15)25)21(27)23-17-8-6-16(22)7-9-17/h2-13,25H,14H2,1H3,(H,23,27). The van der Waals surface area contributed by atoms with Gasteiger partial charge in [-0.15, -0.1) is 0 Å². The first-order chi connectivity index (χ1) is 13.1. The summed E-state index contributed by atoms with van der Waals surface area (Å²) in [5, 5.41) is 14.6. The Labute approximate surface area is 169 Å². The maximum Gasteiger partial charge on any atom is 0.178 e. The zero-order valence-corrected chi connectivity index (χ0v) is 16.3. The van der Waals surface area contributed by atoms with Crippen LogP contribution in [0, 0.1) is 0 Å². The van der Waals surface area contributed by atoms with Gasteiger partial charge in [0.05, 0.1) is 13.7 Å². The highest BCUT2D eigenvalue weighted by Gasteiger charge is 2.15. The van der Waals surface area contributed by atoms with Crippen LogP contribution in [0.3, 0.4) is 0 Å². The molecule has 0 radical (unpaired) electrons. The van der Waals surface area contributed by atoms with E-state index in [9.17, 15) is 5.11 Å². The summed E-state index contributed by atoms with van der Waals surface area (Å²) in [7, 11) is 1.63. The van der Waals surface area contributed by atoms with Crippen LogP contribution >= 0.6 is 23.8 Å². The van der Waals surface area contributed by atoms with Crippen molar-refractivity contribution >= 4 is 40.3 Å². The van der Waals surface area contributed by atoms with Crippen LogP contribution in [0.4, 0.5) is 11.4 Å². The molecule has 0 bridgehead atoms. The Balaban J connectivity index is 1.89. The van der Waals surface area contributed by atoms with Gasteiger partial charge in [-0.25, -0.2) is 0 Å². The molecule has 3 aromatic carbocycles. The van der Waals surface area contributed by atoms with Crippen molar-refractivity contribution in [3.8, 4) is 11.5 Å². The molecule has 27 heavy (non-hydrogen) atoms. The number of hydrogen-bond acceptors (Lipinski definition) is 3. The maximum absolute atomic E-state index is 10.2. The number of halogens is 1. The van der Waals surface area contributed by atoms with E-state index in [2.05, 4.69) is 5.32 Å². The van der Waals surface area contributed by atoms with E-state index in [0.717, 1.165) is 22.7 Å². The highest BCUT2D eigenvalue weighted by Crippen LogP contribution is 2.25. The molecule has 0 aliphatic carbocycles. The van der Waals surface area contributed by atoms with Crippen LogP contribution in [-0.2, 0) is 6.54 Å². The van der Waals surface area contributed by atoms with Crippen LogP contribution in [0.25, 0.3) is 0 Å². The van der Waals surface area contributed by atoms with Crippen molar-refractivity contribution in [3.63, 3.8) is 0 Å². The van der Waals surface area contributed by atoms with Crippen molar-refractivity contribution in [2.75, 3.05) is 17.3 Å². The second-order valence-electron chi connectivity index (χ2n) is 5.85. The zero-order chi connectivity index (χ0) is 19.2. The number of ether oxygens (including phenoxy) is 1. The summed E-state index contributed by atoms with van der Waals surface area (Å²) >= 11 is 11.6. The molecule has 0 atom stereocenters. The first kappa shape index (κ1) is 19.0. The van der Waals surface area contributed by atoms with Gasteiger partial charge < -0.3 is 20.1 Å². The summed E-state index contributed by atoms with van der Waals surface area (Å²) in [6, 6.07) is 22.1. The minimum Gasteiger partial charge on any atom is -0.508 e. The number of nitrogens with zero attached hydrogens (tertiary/aromatic N) is 1. The van der Waals surface area contributed by atoms with E-state index in [1.807, 2.05) is 53.4 Å². The summed E-state index contributed by atoms with van der Waals surface area (Å²) in [6.07, 6.45) is 0. The van der Waals surface area contributed by atoms with Crippen LogP contribution in [0.15, 0.2) is 72.8 Å². The molecule has 4 nitrogen and oxygen atoms in total. The number of anilines is 2. The van der Waals surface area contributed by atoms with Gasteiger partial charge in [0.25, 0.3) is 0 Å².